The van der Waals surface area contributed by atoms with E-state index in [2.05, 4.69) is 20.9 Å². The summed E-state index contributed by atoms with van der Waals surface area (Å²) in [7, 11) is 1.63. The molecule has 0 unspecified atom stereocenters. The molecule has 3 atom stereocenters. The van der Waals surface area contributed by atoms with Crippen LogP contribution in [-0.4, -0.2) is 58.1 Å². The summed E-state index contributed by atoms with van der Waals surface area (Å²) in [5.41, 5.74) is 2.21. The number of urea groups is 1. The van der Waals surface area contributed by atoms with Crippen molar-refractivity contribution in [3.63, 3.8) is 0 Å². The van der Waals surface area contributed by atoms with Crippen LogP contribution in [0.15, 0.2) is 54.7 Å². The molecule has 0 bridgehead atoms. The monoisotopic (exact) mass is 469 g/mol. The van der Waals surface area contributed by atoms with Crippen LogP contribution in [0.3, 0.4) is 0 Å². The van der Waals surface area contributed by atoms with Gasteiger partial charge in [-0.3, -0.25) is 4.68 Å². The molecule has 1 aromatic heterocycles. The summed E-state index contributed by atoms with van der Waals surface area (Å²) in [6.07, 6.45) is 3.42. The van der Waals surface area contributed by atoms with E-state index in [1.807, 2.05) is 30.5 Å². The molecule has 3 N–H and O–H groups in total. The van der Waals surface area contributed by atoms with Gasteiger partial charge in [0, 0.05) is 17.8 Å². The lowest BCUT2D eigenvalue weighted by molar-refractivity contribution is -0.0905. The van der Waals surface area contributed by atoms with E-state index in [1.54, 1.807) is 11.8 Å². The minimum Gasteiger partial charge on any atom is -0.497 e. The number of nitrogens with zero attached hydrogens (tertiary/aromatic N) is 3. The van der Waals surface area contributed by atoms with Crippen molar-refractivity contribution >= 4 is 11.7 Å². The van der Waals surface area contributed by atoms with Gasteiger partial charge in [0.25, 0.3) is 0 Å². The molecule has 0 radical (unpaired) electrons. The molecule has 3 aromatic rings. The molecule has 2 amide bonds. The van der Waals surface area contributed by atoms with Gasteiger partial charge in [-0.1, -0.05) is 5.21 Å². The number of aliphatic hydroxyl groups excluding tert-OH is 1. The van der Waals surface area contributed by atoms with Crippen LogP contribution in [0.2, 0.25) is 0 Å². The molecule has 2 aromatic carbocycles. The van der Waals surface area contributed by atoms with Crippen molar-refractivity contribution < 1.29 is 23.8 Å². The first kappa shape index (κ1) is 23.7. The SMILES string of the molecule is COc1ccc(-c2cn(CC[C@@H]3CC[C@H](NC(=O)Nc4ccc(F)cc4)[C@H](CO)O3)nn2)cc1. The Bertz CT molecular complexity index is 1070. The number of hydrogen-bond donors (Lipinski definition) is 3. The summed E-state index contributed by atoms with van der Waals surface area (Å²) in [4.78, 5) is 12.3. The van der Waals surface area contributed by atoms with Crippen molar-refractivity contribution in [2.45, 2.75) is 44.1 Å². The van der Waals surface area contributed by atoms with Crippen LogP contribution in [0.1, 0.15) is 19.3 Å². The number of aromatic nitrogens is 3. The van der Waals surface area contributed by atoms with Gasteiger partial charge in [0.05, 0.1) is 32.1 Å². The predicted octanol–water partition coefficient (Wildman–Crippen LogP) is 3.21. The number of halogens is 1. The first-order chi connectivity index (χ1) is 16.5. The van der Waals surface area contributed by atoms with Crippen LogP contribution in [0.5, 0.6) is 5.75 Å². The zero-order valence-corrected chi connectivity index (χ0v) is 18.9. The lowest BCUT2D eigenvalue weighted by Crippen LogP contribution is -2.52. The van der Waals surface area contributed by atoms with Gasteiger partial charge in [0.1, 0.15) is 23.4 Å². The number of benzene rings is 2. The van der Waals surface area contributed by atoms with Gasteiger partial charge < -0.3 is 25.2 Å². The third kappa shape index (κ3) is 6.09. The lowest BCUT2D eigenvalue weighted by atomic mass is 9.97. The average Bonchev–Trinajstić information content (AvgIpc) is 3.34. The highest BCUT2D eigenvalue weighted by Crippen LogP contribution is 2.24. The molecular weight excluding hydrogens is 441 g/mol. The van der Waals surface area contributed by atoms with Crippen molar-refractivity contribution in [2.75, 3.05) is 19.0 Å². The predicted molar refractivity (Wildman–Crippen MR) is 124 cm³/mol. The van der Waals surface area contributed by atoms with Crippen LogP contribution in [0.25, 0.3) is 11.3 Å². The second-order valence-electron chi connectivity index (χ2n) is 8.15. The summed E-state index contributed by atoms with van der Waals surface area (Å²) < 4.78 is 26.0. The topological polar surface area (TPSA) is 111 Å². The van der Waals surface area contributed by atoms with Crippen LogP contribution in [-0.2, 0) is 11.3 Å². The van der Waals surface area contributed by atoms with Gasteiger partial charge in [-0.2, -0.15) is 0 Å². The minimum absolute atomic E-state index is 0.0657. The zero-order valence-electron chi connectivity index (χ0n) is 18.9. The Morgan fingerprint density at radius 1 is 1.21 bits per heavy atom. The third-order valence-corrected chi connectivity index (χ3v) is 5.82. The van der Waals surface area contributed by atoms with Gasteiger partial charge >= 0.3 is 6.03 Å². The van der Waals surface area contributed by atoms with E-state index in [-0.39, 0.29) is 24.6 Å². The molecular formula is C24H28FN5O4. The molecule has 0 spiro atoms. The highest BCUT2D eigenvalue weighted by molar-refractivity contribution is 5.89. The van der Waals surface area contributed by atoms with E-state index in [0.29, 0.717) is 25.1 Å². The van der Waals surface area contributed by atoms with Gasteiger partial charge in [-0.05, 0) is 67.8 Å². The van der Waals surface area contributed by atoms with Gasteiger partial charge in [-0.25, -0.2) is 9.18 Å². The Balaban J connectivity index is 1.25. The largest absolute Gasteiger partial charge is 0.497 e. The zero-order chi connectivity index (χ0) is 23.9. The number of hydrogen-bond acceptors (Lipinski definition) is 6. The minimum atomic E-state index is -0.511. The van der Waals surface area contributed by atoms with Crippen LogP contribution in [0.4, 0.5) is 14.9 Å². The number of aryl methyl sites for hydroxylation is 1. The highest BCUT2D eigenvalue weighted by Gasteiger charge is 2.31. The molecule has 2 heterocycles. The van der Waals surface area contributed by atoms with Crippen molar-refractivity contribution in [3.8, 4) is 17.0 Å². The number of anilines is 1. The Kier molecular flexibility index (Phi) is 7.71. The van der Waals surface area contributed by atoms with E-state index < -0.39 is 12.1 Å². The van der Waals surface area contributed by atoms with Gasteiger partial charge in [0.2, 0.25) is 0 Å². The molecule has 1 aliphatic rings. The summed E-state index contributed by atoms with van der Waals surface area (Å²) >= 11 is 0. The van der Waals surface area contributed by atoms with E-state index in [0.717, 1.165) is 23.4 Å². The molecule has 9 nitrogen and oxygen atoms in total. The normalized spacial score (nSPS) is 20.0. The van der Waals surface area contributed by atoms with E-state index in [9.17, 15) is 14.3 Å². The van der Waals surface area contributed by atoms with Crippen molar-refractivity contribution in [1.82, 2.24) is 20.3 Å². The van der Waals surface area contributed by atoms with E-state index in [1.165, 1.54) is 24.3 Å². The Hall–Kier alpha value is -3.50. The molecule has 180 valence electrons. The number of ether oxygens (including phenoxy) is 2. The maximum absolute atomic E-state index is 13.0. The maximum atomic E-state index is 13.0. The van der Waals surface area contributed by atoms with Crippen molar-refractivity contribution in [3.05, 3.63) is 60.5 Å². The molecule has 1 fully saturated rings. The quantitative estimate of drug-likeness (QED) is 0.467. The lowest BCUT2D eigenvalue weighted by Gasteiger charge is -2.36. The van der Waals surface area contributed by atoms with Gasteiger partial charge in [0.15, 0.2) is 0 Å². The standard InChI is InChI=1S/C24H28FN5O4/c1-33-19-8-2-16(3-9-19)22-14-30(29-28-22)13-12-20-10-11-21(23(15-31)34-20)27-24(32)26-18-6-4-17(25)5-7-18/h2-9,14,20-21,23,31H,10-13,15H2,1H3,(H2,26,27,32)/t20-,21-,23-/m0/s1. The summed E-state index contributed by atoms with van der Waals surface area (Å²) in [6, 6.07) is 12.4. The number of carbonyl (C=O) groups excluding carboxylic acids is 1. The van der Waals surface area contributed by atoms with Crippen LogP contribution in [0, 0.1) is 5.82 Å². The summed E-state index contributed by atoms with van der Waals surface area (Å²) in [5, 5.41) is 23.7. The number of aliphatic hydroxyl groups is 1. The Labute approximate surface area is 196 Å². The molecule has 34 heavy (non-hydrogen) atoms. The van der Waals surface area contributed by atoms with Crippen LogP contribution >= 0.6 is 0 Å². The fourth-order valence-electron chi connectivity index (χ4n) is 3.96. The smallest absolute Gasteiger partial charge is 0.319 e. The van der Waals surface area contributed by atoms with Crippen molar-refractivity contribution in [2.24, 2.45) is 0 Å². The number of amides is 2. The molecule has 4 rings (SSSR count). The number of nitrogens with one attached hydrogen (secondary N) is 2. The van der Waals surface area contributed by atoms with E-state index in [4.69, 9.17) is 9.47 Å². The maximum Gasteiger partial charge on any atom is 0.319 e. The number of carbonyl (C=O) groups is 1. The van der Waals surface area contributed by atoms with E-state index >= 15 is 0 Å². The second kappa shape index (κ2) is 11.1. The third-order valence-electron chi connectivity index (χ3n) is 5.82. The highest BCUT2D eigenvalue weighted by atomic mass is 19.1. The van der Waals surface area contributed by atoms with Crippen LogP contribution < -0.4 is 15.4 Å². The molecule has 0 aliphatic carbocycles. The Morgan fingerprint density at radius 3 is 2.68 bits per heavy atom. The summed E-state index contributed by atoms with van der Waals surface area (Å²) in [6.45, 7) is 0.415. The fourth-order valence-corrected chi connectivity index (χ4v) is 3.96. The molecule has 1 saturated heterocycles. The summed E-state index contributed by atoms with van der Waals surface area (Å²) in [5.74, 6) is 0.408. The average molecular weight is 470 g/mol. The molecule has 10 heteroatoms. The molecule has 1 aliphatic heterocycles. The first-order valence-corrected chi connectivity index (χ1v) is 11.2. The molecule has 0 saturated carbocycles. The first-order valence-electron chi connectivity index (χ1n) is 11.2. The second-order valence-corrected chi connectivity index (χ2v) is 8.15. The fraction of sp³-hybridized carbons (Fsp3) is 0.375. The number of rotatable bonds is 8. The Morgan fingerprint density at radius 2 is 1.97 bits per heavy atom. The van der Waals surface area contributed by atoms with Gasteiger partial charge in [-0.15, -0.1) is 5.10 Å². The number of methoxy groups -OCH3 is 1. The van der Waals surface area contributed by atoms with Crippen molar-refractivity contribution in [1.29, 1.82) is 0 Å².